The van der Waals surface area contributed by atoms with E-state index in [9.17, 15) is 4.39 Å². The third-order valence-corrected chi connectivity index (χ3v) is 5.34. The van der Waals surface area contributed by atoms with Gasteiger partial charge in [0.05, 0.1) is 23.4 Å². The minimum absolute atomic E-state index is 0.245. The van der Waals surface area contributed by atoms with E-state index >= 15 is 0 Å². The van der Waals surface area contributed by atoms with Gasteiger partial charge in [0, 0.05) is 24.6 Å². The van der Waals surface area contributed by atoms with Crippen LogP contribution in [-0.4, -0.2) is 31.3 Å². The molecule has 1 aliphatic heterocycles. The molecule has 0 radical (unpaired) electrons. The van der Waals surface area contributed by atoms with Crippen LogP contribution in [0.1, 0.15) is 30.1 Å². The van der Waals surface area contributed by atoms with Crippen molar-refractivity contribution in [3.63, 3.8) is 0 Å². The Balaban J connectivity index is 1.39. The first-order valence-electron chi connectivity index (χ1n) is 9.77. The predicted octanol–water partition coefficient (Wildman–Crippen LogP) is 4.34. The molecule has 1 aliphatic rings. The predicted molar refractivity (Wildman–Crippen MR) is 109 cm³/mol. The van der Waals surface area contributed by atoms with E-state index in [-0.39, 0.29) is 11.9 Å². The van der Waals surface area contributed by atoms with E-state index in [0.29, 0.717) is 5.69 Å². The first kappa shape index (κ1) is 17.8. The Bertz CT molecular complexity index is 1130. The molecule has 7 heteroatoms. The molecule has 1 aromatic carbocycles. The van der Waals surface area contributed by atoms with Gasteiger partial charge >= 0.3 is 0 Å². The molecule has 3 aromatic heterocycles. The van der Waals surface area contributed by atoms with Crippen LogP contribution in [0.4, 0.5) is 15.8 Å². The first-order valence-corrected chi connectivity index (χ1v) is 9.77. The second-order valence-electron chi connectivity index (χ2n) is 7.35. The number of pyridine rings is 2. The summed E-state index contributed by atoms with van der Waals surface area (Å²) in [5.74, 6) is -0.269. The first-order chi connectivity index (χ1) is 14.3. The van der Waals surface area contributed by atoms with E-state index in [1.807, 2.05) is 36.7 Å². The van der Waals surface area contributed by atoms with E-state index in [4.69, 9.17) is 0 Å². The smallest absolute Gasteiger partial charge is 0.125 e. The zero-order valence-corrected chi connectivity index (χ0v) is 15.9. The van der Waals surface area contributed by atoms with Crippen LogP contribution in [0.25, 0.3) is 5.52 Å². The fourth-order valence-electron chi connectivity index (χ4n) is 4.01. The summed E-state index contributed by atoms with van der Waals surface area (Å²) >= 11 is 0. The quantitative estimate of drug-likeness (QED) is 0.551. The second-order valence-corrected chi connectivity index (χ2v) is 7.35. The van der Waals surface area contributed by atoms with Crippen molar-refractivity contribution < 1.29 is 4.39 Å². The standard InChI is InChI=1S/C22H21FN6/c23-17-5-1-6-18(12-17)25-19-8-9-21-22(26-27-29(21)15-19)20-7-3-11-28(20)14-16-4-2-10-24-13-16/h1-2,4-6,8-10,12-13,15,20,25H,3,7,11,14H2. The molecule has 5 rings (SSSR count). The van der Waals surface area contributed by atoms with Crippen molar-refractivity contribution >= 4 is 16.9 Å². The number of benzene rings is 1. The molecule has 4 aromatic rings. The van der Waals surface area contributed by atoms with Crippen LogP contribution in [0.15, 0.2) is 67.1 Å². The number of rotatable bonds is 5. The Labute approximate surface area is 168 Å². The summed E-state index contributed by atoms with van der Waals surface area (Å²) in [5, 5.41) is 12.0. The van der Waals surface area contributed by atoms with Crippen molar-refractivity contribution in [2.75, 3.05) is 11.9 Å². The maximum absolute atomic E-state index is 13.4. The number of halogens is 1. The highest BCUT2D eigenvalue weighted by Crippen LogP contribution is 2.34. The molecule has 146 valence electrons. The molecule has 29 heavy (non-hydrogen) atoms. The number of nitrogens with one attached hydrogen (secondary N) is 1. The monoisotopic (exact) mass is 388 g/mol. The fourth-order valence-corrected chi connectivity index (χ4v) is 4.01. The van der Waals surface area contributed by atoms with Crippen molar-refractivity contribution in [3.05, 3.63) is 84.2 Å². The summed E-state index contributed by atoms with van der Waals surface area (Å²) in [6.45, 7) is 1.90. The van der Waals surface area contributed by atoms with Gasteiger partial charge in [0.1, 0.15) is 11.5 Å². The van der Waals surface area contributed by atoms with Gasteiger partial charge in [0.2, 0.25) is 0 Å². The van der Waals surface area contributed by atoms with E-state index in [2.05, 4.69) is 31.6 Å². The van der Waals surface area contributed by atoms with E-state index in [0.717, 1.165) is 42.8 Å². The van der Waals surface area contributed by atoms with Gasteiger partial charge < -0.3 is 5.32 Å². The molecule has 4 heterocycles. The normalized spacial score (nSPS) is 17.1. The van der Waals surface area contributed by atoms with Gasteiger partial charge in [-0.15, -0.1) is 5.10 Å². The average molecular weight is 388 g/mol. The lowest BCUT2D eigenvalue weighted by Gasteiger charge is -2.22. The van der Waals surface area contributed by atoms with Gasteiger partial charge in [-0.25, -0.2) is 8.91 Å². The molecule has 1 unspecified atom stereocenters. The molecule has 0 aliphatic carbocycles. The molecule has 1 fully saturated rings. The summed E-state index contributed by atoms with van der Waals surface area (Å²) < 4.78 is 15.2. The highest BCUT2D eigenvalue weighted by atomic mass is 19.1. The minimum atomic E-state index is -0.269. The Morgan fingerprint density at radius 1 is 1.10 bits per heavy atom. The maximum Gasteiger partial charge on any atom is 0.125 e. The van der Waals surface area contributed by atoms with Gasteiger partial charge in [0.25, 0.3) is 0 Å². The molecule has 6 nitrogen and oxygen atoms in total. The zero-order valence-electron chi connectivity index (χ0n) is 15.9. The van der Waals surface area contributed by atoms with Crippen molar-refractivity contribution in [2.45, 2.75) is 25.4 Å². The summed E-state index contributed by atoms with van der Waals surface area (Å²) in [6.07, 6.45) is 7.81. The van der Waals surface area contributed by atoms with Gasteiger partial charge in [0.15, 0.2) is 0 Å². The van der Waals surface area contributed by atoms with Crippen LogP contribution in [0, 0.1) is 5.82 Å². The van der Waals surface area contributed by atoms with Crippen molar-refractivity contribution in [1.82, 2.24) is 24.7 Å². The highest BCUT2D eigenvalue weighted by Gasteiger charge is 2.29. The summed E-state index contributed by atoms with van der Waals surface area (Å²) in [6, 6.07) is 14.7. The largest absolute Gasteiger partial charge is 0.354 e. The van der Waals surface area contributed by atoms with Crippen molar-refractivity contribution in [3.8, 4) is 0 Å². The molecule has 0 spiro atoms. The Kier molecular flexibility index (Phi) is 4.65. The molecule has 0 amide bonds. The lowest BCUT2D eigenvalue weighted by atomic mass is 10.1. The van der Waals surface area contributed by atoms with Gasteiger partial charge in [-0.3, -0.25) is 9.88 Å². The zero-order chi connectivity index (χ0) is 19.6. The summed E-state index contributed by atoms with van der Waals surface area (Å²) in [7, 11) is 0. The number of aromatic nitrogens is 4. The second kappa shape index (κ2) is 7.60. The lowest BCUT2D eigenvalue weighted by Crippen LogP contribution is -2.23. The maximum atomic E-state index is 13.4. The van der Waals surface area contributed by atoms with Gasteiger partial charge in [-0.1, -0.05) is 17.3 Å². The fraction of sp³-hybridized carbons (Fsp3) is 0.227. The third kappa shape index (κ3) is 3.69. The minimum Gasteiger partial charge on any atom is -0.354 e. The number of anilines is 2. The van der Waals surface area contributed by atoms with Crippen LogP contribution >= 0.6 is 0 Å². The van der Waals surface area contributed by atoms with Crippen LogP contribution in [0.5, 0.6) is 0 Å². The number of hydrogen-bond acceptors (Lipinski definition) is 5. The number of fused-ring (bicyclic) bond motifs is 1. The van der Waals surface area contributed by atoms with Gasteiger partial charge in [-0.2, -0.15) is 0 Å². The third-order valence-electron chi connectivity index (χ3n) is 5.34. The lowest BCUT2D eigenvalue weighted by molar-refractivity contribution is 0.245. The molecule has 1 saturated heterocycles. The molecular weight excluding hydrogens is 367 g/mol. The Hall–Kier alpha value is -3.32. The highest BCUT2D eigenvalue weighted by molar-refractivity contribution is 5.63. The molecule has 1 N–H and O–H groups in total. The van der Waals surface area contributed by atoms with E-state index in [1.54, 1.807) is 16.8 Å². The Morgan fingerprint density at radius 2 is 2.07 bits per heavy atom. The van der Waals surface area contributed by atoms with E-state index < -0.39 is 0 Å². The SMILES string of the molecule is Fc1cccc(Nc2ccc3c(C4CCCN4Cc4cccnc4)nnn3c2)c1. The number of nitrogens with zero attached hydrogens (tertiary/aromatic N) is 5. The summed E-state index contributed by atoms with van der Waals surface area (Å²) in [5.41, 5.74) is 4.74. The Morgan fingerprint density at radius 3 is 2.93 bits per heavy atom. The molecule has 1 atom stereocenters. The molecule has 0 bridgehead atoms. The summed E-state index contributed by atoms with van der Waals surface area (Å²) in [4.78, 5) is 6.67. The number of hydrogen-bond donors (Lipinski definition) is 1. The van der Waals surface area contributed by atoms with E-state index in [1.165, 1.54) is 17.7 Å². The van der Waals surface area contributed by atoms with Crippen molar-refractivity contribution in [2.24, 2.45) is 0 Å². The van der Waals surface area contributed by atoms with Crippen LogP contribution in [-0.2, 0) is 6.54 Å². The molecular formula is C22H21FN6. The molecule has 0 saturated carbocycles. The van der Waals surface area contributed by atoms with Crippen LogP contribution in [0.3, 0.4) is 0 Å². The average Bonchev–Trinajstić information content (AvgIpc) is 3.35. The van der Waals surface area contributed by atoms with Gasteiger partial charge in [-0.05, 0) is 61.3 Å². The van der Waals surface area contributed by atoms with Crippen molar-refractivity contribution in [1.29, 1.82) is 0 Å². The van der Waals surface area contributed by atoms with Crippen LogP contribution in [0.2, 0.25) is 0 Å². The van der Waals surface area contributed by atoms with Crippen LogP contribution < -0.4 is 5.32 Å². The topological polar surface area (TPSA) is 58.3 Å². The number of likely N-dealkylation sites (tertiary alicyclic amines) is 1.